The molecule has 0 N–H and O–H groups in total. The number of carbonyl (C=O) groups excluding carboxylic acids is 1. The fourth-order valence-corrected chi connectivity index (χ4v) is 2.93. The Morgan fingerprint density at radius 2 is 2.23 bits per heavy atom. The zero-order chi connectivity index (χ0) is 9.31. The van der Waals surface area contributed by atoms with Crippen molar-refractivity contribution < 1.29 is 4.79 Å². The maximum Gasteiger partial charge on any atom is 0.134 e. The van der Waals surface area contributed by atoms with Crippen LogP contribution in [0, 0.1) is 22.7 Å². The fraction of sp³-hybridized carbons (Fsp3) is 0.818. The smallest absolute Gasteiger partial charge is 0.134 e. The quantitative estimate of drug-likeness (QED) is 0.570. The Kier molecular flexibility index (Phi) is 2.11. The Morgan fingerprint density at radius 3 is 3.00 bits per heavy atom. The maximum absolute atomic E-state index is 11.3. The molecular formula is C11H15NO. The van der Waals surface area contributed by atoms with E-state index in [0.717, 1.165) is 19.3 Å². The number of Topliss-reactive ketones (excluding diaryl/α,β-unsaturated/α-hetero) is 1. The van der Waals surface area contributed by atoms with Crippen molar-refractivity contribution in [1.29, 1.82) is 5.26 Å². The Balaban J connectivity index is 2.22. The summed E-state index contributed by atoms with van der Waals surface area (Å²) in [5.41, 5.74) is -0.256. The predicted molar refractivity (Wildman–Crippen MR) is 48.9 cm³/mol. The molecule has 0 amide bonds. The van der Waals surface area contributed by atoms with Crippen LogP contribution >= 0.6 is 0 Å². The number of nitriles is 1. The zero-order valence-corrected chi connectivity index (χ0v) is 7.88. The normalized spacial score (nSPS) is 39.3. The maximum atomic E-state index is 11.3. The molecule has 0 aliphatic heterocycles. The van der Waals surface area contributed by atoms with E-state index in [1.807, 2.05) is 0 Å². The van der Waals surface area contributed by atoms with E-state index >= 15 is 0 Å². The largest absolute Gasteiger partial charge is 0.300 e. The molecule has 2 heteroatoms. The van der Waals surface area contributed by atoms with Gasteiger partial charge in [-0.05, 0) is 25.2 Å². The van der Waals surface area contributed by atoms with Crippen molar-refractivity contribution in [2.45, 2.75) is 44.9 Å². The van der Waals surface area contributed by atoms with E-state index in [0.29, 0.717) is 24.5 Å². The van der Waals surface area contributed by atoms with Gasteiger partial charge in [-0.2, -0.15) is 5.26 Å². The Labute approximate surface area is 78.9 Å². The molecule has 0 radical (unpaired) electrons. The number of ketones is 1. The van der Waals surface area contributed by atoms with Crippen molar-refractivity contribution in [3.05, 3.63) is 0 Å². The van der Waals surface area contributed by atoms with Gasteiger partial charge in [0.15, 0.2) is 0 Å². The first kappa shape index (κ1) is 8.74. The lowest BCUT2D eigenvalue weighted by atomic mass is 9.60. The molecule has 0 aromatic heterocycles. The van der Waals surface area contributed by atoms with Crippen molar-refractivity contribution >= 4 is 5.78 Å². The summed E-state index contributed by atoms with van der Waals surface area (Å²) in [4.78, 5) is 11.3. The second kappa shape index (κ2) is 3.14. The fourth-order valence-electron chi connectivity index (χ4n) is 2.93. The number of hydrogen-bond donors (Lipinski definition) is 0. The molecule has 0 bridgehead atoms. The van der Waals surface area contributed by atoms with Gasteiger partial charge < -0.3 is 0 Å². The molecule has 0 spiro atoms. The van der Waals surface area contributed by atoms with Gasteiger partial charge in [0.1, 0.15) is 5.78 Å². The Morgan fingerprint density at radius 1 is 1.38 bits per heavy atom. The Bertz CT molecular complexity index is 266. The molecule has 0 heterocycles. The summed E-state index contributed by atoms with van der Waals surface area (Å²) in [7, 11) is 0. The van der Waals surface area contributed by atoms with Crippen LogP contribution in [-0.4, -0.2) is 5.78 Å². The van der Waals surface area contributed by atoms with E-state index in [1.165, 1.54) is 12.8 Å². The third-order valence-electron chi connectivity index (χ3n) is 3.71. The van der Waals surface area contributed by atoms with Crippen molar-refractivity contribution in [3.8, 4) is 6.07 Å². The van der Waals surface area contributed by atoms with E-state index in [-0.39, 0.29) is 5.41 Å². The molecule has 0 saturated heterocycles. The van der Waals surface area contributed by atoms with E-state index in [2.05, 4.69) is 6.07 Å². The average molecular weight is 177 g/mol. The van der Waals surface area contributed by atoms with E-state index in [1.54, 1.807) is 0 Å². The van der Waals surface area contributed by atoms with E-state index in [4.69, 9.17) is 0 Å². The molecule has 0 aromatic rings. The third-order valence-corrected chi connectivity index (χ3v) is 3.71. The van der Waals surface area contributed by atoms with Crippen LogP contribution in [0.25, 0.3) is 0 Å². The molecule has 2 aliphatic carbocycles. The zero-order valence-electron chi connectivity index (χ0n) is 7.88. The second-order valence-corrected chi connectivity index (χ2v) is 4.46. The summed E-state index contributed by atoms with van der Waals surface area (Å²) in [6, 6.07) is 2.43. The molecule has 2 saturated carbocycles. The van der Waals surface area contributed by atoms with Crippen molar-refractivity contribution in [2.75, 3.05) is 0 Å². The van der Waals surface area contributed by atoms with Crippen LogP contribution in [0.15, 0.2) is 0 Å². The van der Waals surface area contributed by atoms with Gasteiger partial charge in [0.05, 0.1) is 11.5 Å². The highest BCUT2D eigenvalue weighted by atomic mass is 16.1. The lowest BCUT2D eigenvalue weighted by Gasteiger charge is -2.41. The lowest BCUT2D eigenvalue weighted by molar-refractivity contribution is -0.125. The average Bonchev–Trinajstić information content (AvgIpc) is 2.17. The van der Waals surface area contributed by atoms with Crippen molar-refractivity contribution in [2.24, 2.45) is 11.3 Å². The molecular weight excluding hydrogens is 162 g/mol. The van der Waals surface area contributed by atoms with Crippen molar-refractivity contribution in [1.82, 2.24) is 0 Å². The van der Waals surface area contributed by atoms with Gasteiger partial charge in [0.2, 0.25) is 0 Å². The summed E-state index contributed by atoms with van der Waals surface area (Å²) in [6.07, 6.45) is 6.73. The van der Waals surface area contributed by atoms with Gasteiger partial charge in [0.25, 0.3) is 0 Å². The molecule has 70 valence electrons. The second-order valence-electron chi connectivity index (χ2n) is 4.46. The van der Waals surface area contributed by atoms with Gasteiger partial charge >= 0.3 is 0 Å². The number of fused-ring (bicyclic) bond motifs is 1. The summed E-state index contributed by atoms with van der Waals surface area (Å²) < 4.78 is 0. The van der Waals surface area contributed by atoms with Crippen LogP contribution in [0.4, 0.5) is 0 Å². The first-order valence-electron chi connectivity index (χ1n) is 5.20. The highest BCUT2D eigenvalue weighted by Crippen LogP contribution is 2.48. The van der Waals surface area contributed by atoms with Gasteiger partial charge in [-0.25, -0.2) is 0 Å². The summed E-state index contributed by atoms with van der Waals surface area (Å²) in [5, 5.41) is 9.19. The van der Waals surface area contributed by atoms with Gasteiger partial charge in [0, 0.05) is 12.8 Å². The first-order valence-corrected chi connectivity index (χ1v) is 5.20. The van der Waals surface area contributed by atoms with Crippen LogP contribution in [-0.2, 0) is 4.79 Å². The monoisotopic (exact) mass is 177 g/mol. The summed E-state index contributed by atoms with van der Waals surface area (Å²) in [6.45, 7) is 0. The number of carbonyl (C=O) groups is 1. The van der Waals surface area contributed by atoms with E-state index in [9.17, 15) is 10.1 Å². The molecule has 0 unspecified atom stereocenters. The van der Waals surface area contributed by atoms with Crippen LogP contribution in [0.2, 0.25) is 0 Å². The highest BCUT2D eigenvalue weighted by Gasteiger charge is 2.45. The third kappa shape index (κ3) is 1.37. The van der Waals surface area contributed by atoms with Crippen LogP contribution in [0.1, 0.15) is 44.9 Å². The molecule has 0 aromatic carbocycles. The number of rotatable bonds is 0. The Hall–Kier alpha value is -0.840. The summed E-state index contributed by atoms with van der Waals surface area (Å²) in [5.74, 6) is 0.823. The minimum absolute atomic E-state index is 0.256. The van der Waals surface area contributed by atoms with Gasteiger partial charge in [-0.3, -0.25) is 4.79 Å². The number of nitrogens with zero attached hydrogens (tertiary/aromatic N) is 1. The van der Waals surface area contributed by atoms with Gasteiger partial charge in [-0.15, -0.1) is 0 Å². The standard InChI is InChI=1S/C11H15NO/c12-8-11-6-2-1-3-9(11)4-5-10(13)7-11/h9H,1-7H2/t9-,11+/m1/s1. The van der Waals surface area contributed by atoms with Gasteiger partial charge in [-0.1, -0.05) is 12.8 Å². The SMILES string of the molecule is N#C[C@@]12CCCC[C@@H]1CCC(=O)C2. The summed E-state index contributed by atoms with van der Waals surface area (Å²) >= 11 is 0. The molecule has 2 atom stereocenters. The minimum atomic E-state index is -0.256. The predicted octanol–water partition coefficient (Wildman–Crippen LogP) is 2.44. The van der Waals surface area contributed by atoms with Crippen LogP contribution in [0.3, 0.4) is 0 Å². The first-order chi connectivity index (χ1) is 6.27. The molecule has 2 nitrogen and oxygen atoms in total. The minimum Gasteiger partial charge on any atom is -0.300 e. The number of hydrogen-bond acceptors (Lipinski definition) is 2. The lowest BCUT2D eigenvalue weighted by Crippen LogP contribution is -2.38. The van der Waals surface area contributed by atoms with Crippen molar-refractivity contribution in [3.63, 3.8) is 0 Å². The molecule has 13 heavy (non-hydrogen) atoms. The van der Waals surface area contributed by atoms with Crippen LogP contribution < -0.4 is 0 Å². The van der Waals surface area contributed by atoms with E-state index < -0.39 is 0 Å². The molecule has 2 fully saturated rings. The molecule has 2 rings (SSSR count). The topological polar surface area (TPSA) is 40.9 Å². The van der Waals surface area contributed by atoms with Crippen LogP contribution in [0.5, 0.6) is 0 Å². The highest BCUT2D eigenvalue weighted by molar-refractivity contribution is 5.80. The molecule has 2 aliphatic rings.